The van der Waals surface area contributed by atoms with Crippen LogP contribution >= 0.6 is 0 Å². The van der Waals surface area contributed by atoms with E-state index >= 15 is 0 Å². The number of nitrogens with one attached hydrogen (secondary N) is 2. The molecule has 0 aliphatic heterocycles. The minimum Gasteiger partial charge on any atom is -0.481 e. The highest BCUT2D eigenvalue weighted by Gasteiger charge is 2.21. The number of amides is 1. The van der Waals surface area contributed by atoms with Crippen molar-refractivity contribution in [2.75, 3.05) is 4.72 Å². The number of para-hydroxylation sites is 1. The molecule has 0 bridgehead atoms. The first kappa shape index (κ1) is 25.1. The van der Waals surface area contributed by atoms with Crippen molar-refractivity contribution in [2.24, 2.45) is 0 Å². The molecular formula is C29H33N3O4S. The molecule has 8 heteroatoms. The van der Waals surface area contributed by atoms with Crippen LogP contribution in [0.1, 0.15) is 46.0 Å². The smallest absolute Gasteiger partial charge is 0.261 e. The van der Waals surface area contributed by atoms with Gasteiger partial charge < -0.3 is 14.6 Å². The number of nitrogens with zero attached hydrogens (tertiary/aromatic N) is 1. The number of carbonyl (C=O) groups is 1. The maximum Gasteiger partial charge on any atom is 0.261 e. The van der Waals surface area contributed by atoms with Crippen LogP contribution in [0.15, 0.2) is 71.6 Å². The summed E-state index contributed by atoms with van der Waals surface area (Å²) in [7, 11) is -3.81. The molecule has 0 spiro atoms. The van der Waals surface area contributed by atoms with E-state index in [4.69, 9.17) is 4.74 Å². The van der Waals surface area contributed by atoms with Crippen LogP contribution in [-0.4, -0.2) is 31.0 Å². The van der Waals surface area contributed by atoms with E-state index in [-0.39, 0.29) is 16.8 Å². The fourth-order valence-corrected chi connectivity index (χ4v) is 6.24. The van der Waals surface area contributed by atoms with Crippen molar-refractivity contribution in [3.05, 3.63) is 66.7 Å². The SMILES string of the molecule is CCn1c2ccccc2c2cc(NS(=O)(=O)c3ccc(O[C@H](C)C(=O)NC4CCCCC4)cc3)ccc21. The minimum atomic E-state index is -3.81. The van der Waals surface area contributed by atoms with E-state index in [0.29, 0.717) is 11.4 Å². The maximum atomic E-state index is 13.1. The zero-order valence-electron chi connectivity index (χ0n) is 21.2. The normalized spacial score (nSPS) is 15.5. The molecule has 7 nitrogen and oxygen atoms in total. The number of sulfonamides is 1. The summed E-state index contributed by atoms with van der Waals surface area (Å²) in [6.07, 6.45) is 4.84. The van der Waals surface area contributed by atoms with E-state index in [1.54, 1.807) is 25.1 Å². The van der Waals surface area contributed by atoms with Gasteiger partial charge in [0.2, 0.25) is 0 Å². The number of anilines is 1. The highest BCUT2D eigenvalue weighted by Crippen LogP contribution is 2.32. The lowest BCUT2D eigenvalue weighted by Gasteiger charge is -2.24. The van der Waals surface area contributed by atoms with Gasteiger partial charge in [-0.15, -0.1) is 0 Å². The summed E-state index contributed by atoms with van der Waals surface area (Å²) in [6, 6.07) is 20.1. The fourth-order valence-electron chi connectivity index (χ4n) is 5.19. The van der Waals surface area contributed by atoms with Crippen molar-refractivity contribution in [2.45, 2.75) is 69.5 Å². The molecule has 1 aliphatic carbocycles. The van der Waals surface area contributed by atoms with Crippen molar-refractivity contribution >= 4 is 43.4 Å². The van der Waals surface area contributed by atoms with Crippen molar-refractivity contribution in [1.82, 2.24) is 9.88 Å². The molecule has 2 N–H and O–H groups in total. The second-order valence-electron chi connectivity index (χ2n) is 9.67. The van der Waals surface area contributed by atoms with E-state index in [1.807, 2.05) is 24.3 Å². The van der Waals surface area contributed by atoms with E-state index < -0.39 is 16.1 Å². The van der Waals surface area contributed by atoms with Crippen molar-refractivity contribution < 1.29 is 17.9 Å². The Balaban J connectivity index is 1.28. The Morgan fingerprint density at radius 1 is 0.973 bits per heavy atom. The summed E-state index contributed by atoms with van der Waals surface area (Å²) in [5, 5.41) is 5.15. The molecule has 0 saturated heterocycles. The van der Waals surface area contributed by atoms with Gasteiger partial charge >= 0.3 is 0 Å². The van der Waals surface area contributed by atoms with Gasteiger partial charge in [-0.1, -0.05) is 37.5 Å². The average molecular weight is 520 g/mol. The number of aromatic nitrogens is 1. The Bertz CT molecular complexity index is 1520. The Morgan fingerprint density at radius 3 is 2.41 bits per heavy atom. The van der Waals surface area contributed by atoms with E-state index in [1.165, 1.54) is 18.6 Å². The third-order valence-electron chi connectivity index (χ3n) is 7.11. The van der Waals surface area contributed by atoms with Gasteiger partial charge in [0.25, 0.3) is 15.9 Å². The molecule has 194 valence electrons. The Morgan fingerprint density at radius 2 is 1.68 bits per heavy atom. The van der Waals surface area contributed by atoms with Crippen LogP contribution in [0.2, 0.25) is 0 Å². The Kier molecular flexibility index (Phi) is 7.11. The second kappa shape index (κ2) is 10.5. The number of aryl methyl sites for hydroxylation is 1. The highest BCUT2D eigenvalue weighted by molar-refractivity contribution is 7.92. The second-order valence-corrected chi connectivity index (χ2v) is 11.4. The van der Waals surface area contributed by atoms with Gasteiger partial charge in [0.05, 0.1) is 4.90 Å². The first-order valence-electron chi connectivity index (χ1n) is 13.0. The molecule has 1 heterocycles. The zero-order chi connectivity index (χ0) is 26.0. The number of carbonyl (C=O) groups excluding carboxylic acids is 1. The molecule has 4 aromatic rings. The van der Waals surface area contributed by atoms with Gasteiger partial charge in [-0.05, 0) is 75.2 Å². The average Bonchev–Trinajstić information content (AvgIpc) is 3.22. The van der Waals surface area contributed by atoms with Crippen LogP contribution in [0.25, 0.3) is 21.8 Å². The van der Waals surface area contributed by atoms with E-state index in [0.717, 1.165) is 54.0 Å². The fraction of sp³-hybridized carbons (Fsp3) is 0.345. The number of hydrogen-bond acceptors (Lipinski definition) is 4. The van der Waals surface area contributed by atoms with Gasteiger partial charge in [-0.2, -0.15) is 0 Å². The number of benzene rings is 3. The standard InChI is InChI=1S/C29H33N3O4S/c1-3-32-27-12-8-7-11-25(27)26-19-22(13-18-28(26)32)31-37(34,35)24-16-14-23(15-17-24)36-20(2)29(33)30-21-9-5-4-6-10-21/h7-8,11-21,31H,3-6,9-10H2,1-2H3,(H,30,33)/t20-/m1/s1. The molecule has 0 radical (unpaired) electrons. The predicted molar refractivity (Wildman–Crippen MR) is 147 cm³/mol. The predicted octanol–water partition coefficient (Wildman–Crippen LogP) is 5.83. The molecule has 37 heavy (non-hydrogen) atoms. The monoisotopic (exact) mass is 519 g/mol. The summed E-state index contributed by atoms with van der Waals surface area (Å²) < 4.78 is 36.9. The van der Waals surface area contributed by atoms with Gasteiger partial charge in [-0.3, -0.25) is 9.52 Å². The summed E-state index contributed by atoms with van der Waals surface area (Å²) in [6.45, 7) is 4.63. The topological polar surface area (TPSA) is 89.4 Å². The molecule has 1 aliphatic rings. The van der Waals surface area contributed by atoms with Crippen molar-refractivity contribution in [1.29, 1.82) is 0 Å². The lowest BCUT2D eigenvalue weighted by atomic mass is 9.95. The summed E-state index contributed by atoms with van der Waals surface area (Å²) >= 11 is 0. The number of rotatable bonds is 8. The molecular weight excluding hydrogens is 486 g/mol. The summed E-state index contributed by atoms with van der Waals surface area (Å²) in [5.41, 5.74) is 2.69. The Labute approximate surface area is 217 Å². The number of ether oxygens (including phenoxy) is 1. The third-order valence-corrected chi connectivity index (χ3v) is 8.51. The van der Waals surface area contributed by atoms with Crippen LogP contribution in [0.3, 0.4) is 0 Å². The lowest BCUT2D eigenvalue weighted by Crippen LogP contribution is -2.43. The Hall–Kier alpha value is -3.52. The van der Waals surface area contributed by atoms with E-state index in [9.17, 15) is 13.2 Å². The van der Waals surface area contributed by atoms with Crippen LogP contribution in [0.4, 0.5) is 5.69 Å². The molecule has 1 amide bonds. The number of fused-ring (bicyclic) bond motifs is 3. The van der Waals surface area contributed by atoms with Gasteiger partial charge in [0.15, 0.2) is 6.10 Å². The van der Waals surface area contributed by atoms with Crippen LogP contribution < -0.4 is 14.8 Å². The lowest BCUT2D eigenvalue weighted by molar-refractivity contribution is -0.128. The molecule has 3 aromatic carbocycles. The third kappa shape index (κ3) is 5.30. The summed E-state index contributed by atoms with van der Waals surface area (Å²) in [4.78, 5) is 12.6. The minimum absolute atomic E-state index is 0.121. The van der Waals surface area contributed by atoms with Gasteiger partial charge in [-0.25, -0.2) is 8.42 Å². The van der Waals surface area contributed by atoms with Crippen molar-refractivity contribution in [3.63, 3.8) is 0 Å². The maximum absolute atomic E-state index is 13.1. The molecule has 0 unspecified atom stereocenters. The van der Waals surface area contributed by atoms with Crippen LogP contribution in [0, 0.1) is 0 Å². The summed E-state index contributed by atoms with van der Waals surface area (Å²) in [5.74, 6) is 0.295. The number of hydrogen-bond donors (Lipinski definition) is 2. The van der Waals surface area contributed by atoms with Crippen LogP contribution in [0.5, 0.6) is 5.75 Å². The molecule has 1 aromatic heterocycles. The van der Waals surface area contributed by atoms with Crippen molar-refractivity contribution in [3.8, 4) is 5.75 Å². The molecule has 1 fully saturated rings. The highest BCUT2D eigenvalue weighted by atomic mass is 32.2. The first-order valence-corrected chi connectivity index (χ1v) is 14.4. The first-order chi connectivity index (χ1) is 17.9. The largest absolute Gasteiger partial charge is 0.481 e. The van der Waals surface area contributed by atoms with Gasteiger partial charge in [0.1, 0.15) is 5.75 Å². The van der Waals surface area contributed by atoms with Gasteiger partial charge in [0, 0.05) is 40.1 Å². The van der Waals surface area contributed by atoms with E-state index in [2.05, 4.69) is 33.7 Å². The van der Waals surface area contributed by atoms with Crippen LogP contribution in [-0.2, 0) is 21.4 Å². The molecule has 1 saturated carbocycles. The molecule has 1 atom stereocenters. The quantitative estimate of drug-likeness (QED) is 0.306. The zero-order valence-corrected chi connectivity index (χ0v) is 22.1. The molecule has 5 rings (SSSR count).